The van der Waals surface area contributed by atoms with Crippen LogP contribution in [0.1, 0.15) is 0 Å². The Morgan fingerprint density at radius 2 is 1.79 bits per heavy atom. The summed E-state index contributed by atoms with van der Waals surface area (Å²) in [6.07, 6.45) is 3.51. The van der Waals surface area contributed by atoms with Gasteiger partial charge in [-0.3, -0.25) is 0 Å². The average Bonchev–Trinajstić information content (AvgIpc) is 2.19. The molecule has 1 heterocycles. The minimum Gasteiger partial charge on any atom is -0.230 e. The molecule has 0 atom stereocenters. The Labute approximate surface area is 95.1 Å². The van der Waals surface area contributed by atoms with Crippen molar-refractivity contribution in [3.05, 3.63) is 46.4 Å². The van der Waals surface area contributed by atoms with Crippen molar-refractivity contribution in [2.45, 2.75) is 0 Å². The normalized spacial score (nSPS) is 10.1. The highest BCUT2D eigenvalue weighted by molar-refractivity contribution is 9.10. The molecular weight excluding hydrogens is 263 g/mol. The second-order valence-electron chi connectivity index (χ2n) is 2.75. The van der Waals surface area contributed by atoms with Crippen molar-refractivity contribution in [3.63, 3.8) is 0 Å². The molecule has 0 unspecified atom stereocenters. The lowest BCUT2D eigenvalue weighted by Crippen LogP contribution is -1.84. The molecule has 1 aromatic heterocycles. The Kier molecular flexibility index (Phi) is 2.79. The van der Waals surface area contributed by atoms with E-state index >= 15 is 0 Å². The van der Waals surface area contributed by atoms with Gasteiger partial charge < -0.3 is 0 Å². The molecule has 0 bridgehead atoms. The van der Waals surface area contributed by atoms with Crippen LogP contribution >= 0.6 is 27.5 Å². The maximum atomic E-state index is 5.88. The summed E-state index contributed by atoms with van der Waals surface area (Å²) in [5, 5.41) is 0.713. The second-order valence-corrected chi connectivity index (χ2v) is 3.90. The summed E-state index contributed by atoms with van der Waals surface area (Å²) >= 11 is 9.06. The van der Waals surface area contributed by atoms with Crippen molar-refractivity contribution >= 4 is 27.5 Å². The largest absolute Gasteiger partial charge is 0.230 e. The highest BCUT2D eigenvalue weighted by Crippen LogP contribution is 2.21. The van der Waals surface area contributed by atoms with E-state index in [4.69, 9.17) is 11.6 Å². The molecule has 0 spiro atoms. The Balaban J connectivity index is 2.44. The van der Waals surface area contributed by atoms with Gasteiger partial charge in [0, 0.05) is 23.0 Å². The zero-order chi connectivity index (χ0) is 9.97. The van der Waals surface area contributed by atoms with Gasteiger partial charge in [0.15, 0.2) is 4.73 Å². The molecule has 0 amide bonds. The van der Waals surface area contributed by atoms with Crippen LogP contribution in [0.4, 0.5) is 0 Å². The molecule has 1 aromatic carbocycles. The highest BCUT2D eigenvalue weighted by atomic mass is 79.9. The molecular formula is C10H6BrClN2. The van der Waals surface area contributed by atoms with Crippen LogP contribution in [0.25, 0.3) is 11.1 Å². The Morgan fingerprint density at radius 1 is 1.07 bits per heavy atom. The summed E-state index contributed by atoms with van der Waals surface area (Å²) < 4.78 is 0.586. The van der Waals surface area contributed by atoms with Crippen molar-refractivity contribution in [1.29, 1.82) is 0 Å². The Morgan fingerprint density at radius 3 is 2.43 bits per heavy atom. The maximum Gasteiger partial charge on any atom is 0.196 e. The van der Waals surface area contributed by atoms with E-state index in [0.29, 0.717) is 9.76 Å². The Bertz CT molecular complexity index is 442. The molecule has 70 valence electrons. The molecule has 0 fully saturated rings. The quantitative estimate of drug-likeness (QED) is 0.740. The molecule has 0 aliphatic rings. The van der Waals surface area contributed by atoms with Crippen LogP contribution in [0.3, 0.4) is 0 Å². The predicted octanol–water partition coefficient (Wildman–Crippen LogP) is 3.56. The topological polar surface area (TPSA) is 25.8 Å². The molecule has 2 aromatic rings. The minimum absolute atomic E-state index is 0.586. The van der Waals surface area contributed by atoms with Gasteiger partial charge in [-0.2, -0.15) is 0 Å². The predicted molar refractivity (Wildman–Crippen MR) is 60.2 cm³/mol. The van der Waals surface area contributed by atoms with E-state index in [1.165, 1.54) is 0 Å². The van der Waals surface area contributed by atoms with Gasteiger partial charge in [0.2, 0.25) is 0 Å². The molecule has 0 saturated carbocycles. The monoisotopic (exact) mass is 268 g/mol. The summed E-state index contributed by atoms with van der Waals surface area (Å²) in [5.74, 6) is 0. The lowest BCUT2D eigenvalue weighted by atomic mass is 10.1. The SMILES string of the molecule is Clc1cccc(-c2cnc(Br)nc2)c1. The van der Waals surface area contributed by atoms with Crippen LogP contribution in [0.15, 0.2) is 41.4 Å². The molecule has 0 N–H and O–H groups in total. The summed E-state index contributed by atoms with van der Waals surface area (Å²) in [7, 11) is 0. The third-order valence-electron chi connectivity index (χ3n) is 1.78. The van der Waals surface area contributed by atoms with Gasteiger partial charge in [0.05, 0.1) is 0 Å². The van der Waals surface area contributed by atoms with Crippen molar-refractivity contribution in [1.82, 2.24) is 9.97 Å². The number of hydrogen-bond acceptors (Lipinski definition) is 2. The number of benzene rings is 1. The van der Waals surface area contributed by atoms with E-state index in [1.54, 1.807) is 12.4 Å². The summed E-state index contributed by atoms with van der Waals surface area (Å²) in [6.45, 7) is 0. The molecule has 2 rings (SSSR count). The third-order valence-corrected chi connectivity index (χ3v) is 2.42. The van der Waals surface area contributed by atoms with Crippen molar-refractivity contribution in [3.8, 4) is 11.1 Å². The van der Waals surface area contributed by atoms with E-state index in [-0.39, 0.29) is 0 Å². The zero-order valence-corrected chi connectivity index (χ0v) is 9.46. The fourth-order valence-electron chi connectivity index (χ4n) is 1.13. The fraction of sp³-hybridized carbons (Fsp3) is 0. The highest BCUT2D eigenvalue weighted by Gasteiger charge is 1.99. The van der Waals surface area contributed by atoms with Gasteiger partial charge in [-0.1, -0.05) is 23.7 Å². The molecule has 4 heteroatoms. The fourth-order valence-corrected chi connectivity index (χ4v) is 1.52. The van der Waals surface area contributed by atoms with E-state index < -0.39 is 0 Å². The number of halogens is 2. The number of hydrogen-bond donors (Lipinski definition) is 0. The number of rotatable bonds is 1. The van der Waals surface area contributed by atoms with E-state index in [0.717, 1.165) is 11.1 Å². The van der Waals surface area contributed by atoms with Crippen molar-refractivity contribution in [2.24, 2.45) is 0 Å². The molecule has 2 nitrogen and oxygen atoms in total. The summed E-state index contributed by atoms with van der Waals surface area (Å²) in [6, 6.07) is 7.59. The minimum atomic E-state index is 0.586. The van der Waals surface area contributed by atoms with Gasteiger partial charge in [0.25, 0.3) is 0 Å². The molecule has 14 heavy (non-hydrogen) atoms. The first-order chi connectivity index (χ1) is 6.75. The smallest absolute Gasteiger partial charge is 0.196 e. The van der Waals surface area contributed by atoms with Gasteiger partial charge in [0.1, 0.15) is 0 Å². The molecule has 0 radical (unpaired) electrons. The first-order valence-corrected chi connectivity index (χ1v) is 5.16. The average molecular weight is 270 g/mol. The van der Waals surface area contributed by atoms with E-state index in [1.807, 2.05) is 24.3 Å². The first kappa shape index (κ1) is 9.62. The Hall–Kier alpha value is -0.930. The van der Waals surface area contributed by atoms with Crippen molar-refractivity contribution in [2.75, 3.05) is 0 Å². The summed E-state index contributed by atoms with van der Waals surface area (Å²) in [4.78, 5) is 8.10. The third kappa shape index (κ3) is 2.11. The lowest BCUT2D eigenvalue weighted by molar-refractivity contribution is 1.11. The number of nitrogens with zero attached hydrogens (tertiary/aromatic N) is 2. The van der Waals surface area contributed by atoms with Gasteiger partial charge in [-0.25, -0.2) is 9.97 Å². The second kappa shape index (κ2) is 4.07. The van der Waals surface area contributed by atoms with Crippen LogP contribution in [-0.4, -0.2) is 9.97 Å². The van der Waals surface area contributed by atoms with Crippen LogP contribution in [0, 0.1) is 0 Å². The zero-order valence-electron chi connectivity index (χ0n) is 7.11. The van der Waals surface area contributed by atoms with Gasteiger partial charge in [-0.05, 0) is 33.6 Å². The molecule has 0 aliphatic heterocycles. The van der Waals surface area contributed by atoms with Crippen LogP contribution in [0.2, 0.25) is 5.02 Å². The molecule has 0 saturated heterocycles. The summed E-state index contributed by atoms with van der Waals surface area (Å²) in [5.41, 5.74) is 1.97. The number of aromatic nitrogens is 2. The van der Waals surface area contributed by atoms with Crippen LogP contribution in [0.5, 0.6) is 0 Å². The lowest BCUT2D eigenvalue weighted by Gasteiger charge is -2.00. The van der Waals surface area contributed by atoms with Crippen LogP contribution < -0.4 is 0 Å². The van der Waals surface area contributed by atoms with E-state index in [2.05, 4.69) is 25.9 Å². The van der Waals surface area contributed by atoms with Crippen molar-refractivity contribution < 1.29 is 0 Å². The van der Waals surface area contributed by atoms with Crippen LogP contribution in [-0.2, 0) is 0 Å². The molecule has 0 aliphatic carbocycles. The maximum absolute atomic E-state index is 5.88. The van der Waals surface area contributed by atoms with E-state index in [9.17, 15) is 0 Å². The standard InChI is InChI=1S/C10H6BrClN2/c11-10-13-5-8(6-14-10)7-2-1-3-9(12)4-7/h1-6H. The first-order valence-electron chi connectivity index (χ1n) is 3.99. The van der Waals surface area contributed by atoms with Gasteiger partial charge in [-0.15, -0.1) is 0 Å². The van der Waals surface area contributed by atoms with Gasteiger partial charge >= 0.3 is 0 Å².